The first-order valence-corrected chi connectivity index (χ1v) is 12.1. The summed E-state index contributed by atoms with van der Waals surface area (Å²) in [5.41, 5.74) is 2.45. The summed E-state index contributed by atoms with van der Waals surface area (Å²) in [5, 5.41) is 3.40. The monoisotopic (exact) mass is 412 g/mol. The second kappa shape index (κ2) is 8.37. The number of benzene rings is 1. The van der Waals surface area contributed by atoms with Gasteiger partial charge < -0.3 is 14.4 Å². The Morgan fingerprint density at radius 3 is 2.38 bits per heavy atom. The molecule has 0 radical (unpaired) electrons. The Bertz CT molecular complexity index is 801. The lowest BCUT2D eigenvalue weighted by Crippen LogP contribution is -2.46. The topological polar surface area (TPSA) is 34.6 Å². The number of thiazole rings is 1. The first kappa shape index (κ1) is 19.5. The van der Waals surface area contributed by atoms with Gasteiger partial charge in [-0.2, -0.15) is 0 Å². The molecule has 156 valence electrons. The third-order valence-electron chi connectivity index (χ3n) is 7.15. The number of hydrogen-bond donors (Lipinski definition) is 0. The second-order valence-corrected chi connectivity index (χ2v) is 9.81. The Morgan fingerprint density at radius 1 is 1.07 bits per heavy atom. The lowest BCUT2D eigenvalue weighted by Gasteiger charge is -2.41. The van der Waals surface area contributed by atoms with E-state index in [4.69, 9.17) is 14.5 Å². The van der Waals surface area contributed by atoms with Crippen molar-refractivity contribution in [1.29, 1.82) is 0 Å². The van der Waals surface area contributed by atoms with E-state index in [1.54, 1.807) is 11.3 Å². The fraction of sp³-hybridized carbons (Fsp3) is 0.625. The highest BCUT2D eigenvalue weighted by Crippen LogP contribution is 2.43. The lowest BCUT2D eigenvalue weighted by molar-refractivity contribution is 0.0492. The zero-order valence-corrected chi connectivity index (χ0v) is 18.3. The molecular formula is C24H32N2O2S. The third-order valence-corrected chi connectivity index (χ3v) is 8.32. The normalized spacial score (nSPS) is 23.6. The largest absolute Gasteiger partial charge is 0.490 e. The van der Waals surface area contributed by atoms with Crippen LogP contribution in [0.2, 0.25) is 0 Å². The van der Waals surface area contributed by atoms with Crippen molar-refractivity contribution < 1.29 is 9.47 Å². The Hall–Kier alpha value is -1.43. The van der Waals surface area contributed by atoms with Crippen LogP contribution in [0.25, 0.3) is 0 Å². The summed E-state index contributed by atoms with van der Waals surface area (Å²) >= 11 is 1.79. The third kappa shape index (κ3) is 3.97. The highest BCUT2D eigenvalue weighted by molar-refractivity contribution is 7.09. The van der Waals surface area contributed by atoms with Crippen molar-refractivity contribution >= 4 is 11.3 Å². The Labute approximate surface area is 178 Å². The zero-order chi connectivity index (χ0) is 19.7. The van der Waals surface area contributed by atoms with Gasteiger partial charge in [-0.25, -0.2) is 4.98 Å². The van der Waals surface area contributed by atoms with Crippen molar-refractivity contribution in [3.05, 3.63) is 45.9 Å². The predicted octanol–water partition coefficient (Wildman–Crippen LogP) is 4.94. The summed E-state index contributed by atoms with van der Waals surface area (Å²) in [4.78, 5) is 7.54. The van der Waals surface area contributed by atoms with Crippen LogP contribution in [0.1, 0.15) is 61.2 Å². The molecule has 5 rings (SSSR count). The number of rotatable bonds is 5. The van der Waals surface area contributed by atoms with Crippen LogP contribution in [0, 0.1) is 6.92 Å². The minimum atomic E-state index is -0.0101. The van der Waals surface area contributed by atoms with Crippen LogP contribution in [0.3, 0.4) is 0 Å². The predicted molar refractivity (Wildman–Crippen MR) is 117 cm³/mol. The van der Waals surface area contributed by atoms with Crippen molar-refractivity contribution in [3.8, 4) is 5.75 Å². The number of likely N-dealkylation sites (tertiary alicyclic amines) is 1. The number of piperidine rings is 1. The summed E-state index contributed by atoms with van der Waals surface area (Å²) in [6.07, 6.45) is 8.88. The van der Waals surface area contributed by atoms with E-state index in [0.29, 0.717) is 6.10 Å². The molecule has 1 saturated carbocycles. The smallest absolute Gasteiger partial charge is 0.119 e. The molecule has 5 heteroatoms. The number of ether oxygens (including phenoxy) is 2. The van der Waals surface area contributed by atoms with E-state index in [-0.39, 0.29) is 5.41 Å². The average molecular weight is 413 g/mol. The summed E-state index contributed by atoms with van der Waals surface area (Å²) in [5.74, 6) is 1.01. The summed E-state index contributed by atoms with van der Waals surface area (Å²) in [7, 11) is 0. The maximum Gasteiger partial charge on any atom is 0.119 e. The number of aromatic nitrogens is 1. The van der Waals surface area contributed by atoms with Crippen molar-refractivity contribution in [2.75, 3.05) is 26.3 Å². The molecule has 1 aliphatic carbocycles. The van der Waals surface area contributed by atoms with Gasteiger partial charge >= 0.3 is 0 Å². The van der Waals surface area contributed by atoms with Crippen LogP contribution in [-0.4, -0.2) is 48.3 Å². The quantitative estimate of drug-likeness (QED) is 0.696. The second-order valence-electron chi connectivity index (χ2n) is 8.95. The molecule has 4 nitrogen and oxygen atoms in total. The van der Waals surface area contributed by atoms with Gasteiger partial charge in [-0.15, -0.1) is 11.3 Å². The average Bonchev–Trinajstić information content (AvgIpc) is 3.16. The van der Waals surface area contributed by atoms with Crippen LogP contribution in [0.15, 0.2) is 29.6 Å². The first-order valence-electron chi connectivity index (χ1n) is 11.2. The molecule has 2 saturated heterocycles. The van der Waals surface area contributed by atoms with Gasteiger partial charge in [0.15, 0.2) is 0 Å². The number of aryl methyl sites for hydroxylation is 1. The van der Waals surface area contributed by atoms with Gasteiger partial charge in [-0.05, 0) is 63.1 Å². The van der Waals surface area contributed by atoms with Gasteiger partial charge in [0.05, 0.1) is 5.41 Å². The van der Waals surface area contributed by atoms with Gasteiger partial charge in [0.2, 0.25) is 0 Å². The van der Waals surface area contributed by atoms with Crippen LogP contribution in [0.5, 0.6) is 5.75 Å². The molecule has 3 heterocycles. The first-order chi connectivity index (χ1) is 14.2. The maximum atomic E-state index is 6.36. The summed E-state index contributed by atoms with van der Waals surface area (Å²) < 4.78 is 12.0. The summed E-state index contributed by atoms with van der Waals surface area (Å²) in [6, 6.07) is 9.73. The van der Waals surface area contributed by atoms with Crippen LogP contribution >= 0.6 is 11.3 Å². The van der Waals surface area contributed by atoms with Gasteiger partial charge in [0.1, 0.15) is 16.9 Å². The van der Waals surface area contributed by atoms with E-state index in [1.165, 1.54) is 42.9 Å². The number of nitrogens with zero attached hydrogens (tertiary/aromatic N) is 2. The zero-order valence-electron chi connectivity index (χ0n) is 17.4. The van der Waals surface area contributed by atoms with E-state index in [2.05, 4.69) is 41.5 Å². The highest BCUT2D eigenvalue weighted by Gasteiger charge is 2.39. The molecule has 0 spiro atoms. The molecule has 0 bridgehead atoms. The molecule has 1 aromatic carbocycles. The van der Waals surface area contributed by atoms with E-state index in [9.17, 15) is 0 Å². The lowest BCUT2D eigenvalue weighted by atomic mass is 9.74. The van der Waals surface area contributed by atoms with Gasteiger partial charge in [-0.1, -0.05) is 18.6 Å². The Morgan fingerprint density at radius 2 is 1.79 bits per heavy atom. The van der Waals surface area contributed by atoms with E-state index in [1.807, 2.05) is 0 Å². The van der Waals surface area contributed by atoms with Crippen molar-refractivity contribution in [2.24, 2.45) is 0 Å². The SMILES string of the molecule is Cc1csc(C2(c3ccc(OC4CCN(C5CCC5)CC4)cc3)CCOCC2)n1. The molecular weight excluding hydrogens is 380 g/mol. The van der Waals surface area contributed by atoms with Crippen LogP contribution in [0.4, 0.5) is 0 Å². The standard InChI is InChI=1S/C24H32N2O2S/c1-18-17-29-23(25-18)24(11-15-27-16-12-24)19-5-7-21(8-6-19)28-22-9-13-26(14-10-22)20-3-2-4-20/h5-8,17,20,22H,2-4,9-16H2,1H3. The molecule has 2 aliphatic heterocycles. The molecule has 1 aromatic heterocycles. The Kier molecular flexibility index (Phi) is 5.63. The summed E-state index contributed by atoms with van der Waals surface area (Å²) in [6.45, 7) is 6.08. The fourth-order valence-electron chi connectivity index (χ4n) is 5.08. The van der Waals surface area contributed by atoms with E-state index in [0.717, 1.165) is 56.4 Å². The van der Waals surface area contributed by atoms with Gasteiger partial charge in [0, 0.05) is 43.4 Å². The van der Waals surface area contributed by atoms with Crippen LogP contribution in [-0.2, 0) is 10.2 Å². The van der Waals surface area contributed by atoms with Crippen LogP contribution < -0.4 is 4.74 Å². The molecule has 0 atom stereocenters. The molecule has 0 N–H and O–H groups in total. The molecule has 3 fully saturated rings. The highest BCUT2D eigenvalue weighted by atomic mass is 32.1. The minimum Gasteiger partial charge on any atom is -0.490 e. The van der Waals surface area contributed by atoms with Gasteiger partial charge in [-0.3, -0.25) is 0 Å². The van der Waals surface area contributed by atoms with Crippen molar-refractivity contribution in [3.63, 3.8) is 0 Å². The molecule has 29 heavy (non-hydrogen) atoms. The fourth-order valence-corrected chi connectivity index (χ4v) is 6.15. The molecule has 0 unspecified atom stereocenters. The Balaban J connectivity index is 1.26. The molecule has 2 aromatic rings. The van der Waals surface area contributed by atoms with Gasteiger partial charge in [0.25, 0.3) is 0 Å². The van der Waals surface area contributed by atoms with E-state index < -0.39 is 0 Å². The number of hydrogen-bond acceptors (Lipinski definition) is 5. The molecule has 3 aliphatic rings. The van der Waals surface area contributed by atoms with Crippen molar-refractivity contribution in [1.82, 2.24) is 9.88 Å². The van der Waals surface area contributed by atoms with E-state index >= 15 is 0 Å². The van der Waals surface area contributed by atoms with Crippen molar-refractivity contribution in [2.45, 2.75) is 69.4 Å². The molecule has 0 amide bonds. The minimum absolute atomic E-state index is 0.0101. The maximum absolute atomic E-state index is 6.36.